The third-order valence-electron chi connectivity index (χ3n) is 2.37. The number of pyridine rings is 1. The Labute approximate surface area is 105 Å². The molecule has 0 bridgehead atoms. The molecule has 0 aliphatic rings. The molecule has 1 heterocycles. The van der Waals surface area contributed by atoms with Crippen molar-refractivity contribution in [3.05, 3.63) is 53.9 Å². The van der Waals surface area contributed by atoms with Crippen LogP contribution in [0.1, 0.15) is 11.3 Å². The van der Waals surface area contributed by atoms with Crippen LogP contribution in [-0.4, -0.2) is 4.98 Å². The van der Waals surface area contributed by atoms with E-state index in [0.717, 1.165) is 11.4 Å². The number of hydrogen-bond donors (Lipinski definition) is 2. The van der Waals surface area contributed by atoms with E-state index >= 15 is 0 Å². The number of rotatable bonds is 4. The predicted molar refractivity (Wildman–Crippen MR) is 67.5 cm³/mol. The van der Waals surface area contributed by atoms with E-state index in [0.29, 0.717) is 11.3 Å². The molecule has 0 aliphatic heterocycles. The number of ether oxygens (including phenoxy) is 1. The Morgan fingerprint density at radius 2 is 2.17 bits per heavy atom. The summed E-state index contributed by atoms with van der Waals surface area (Å²) in [5, 5.41) is 8.93. The van der Waals surface area contributed by atoms with Gasteiger partial charge in [-0.3, -0.25) is 10.8 Å². The van der Waals surface area contributed by atoms with Crippen molar-refractivity contribution in [3.63, 3.8) is 0 Å². The molecule has 18 heavy (non-hydrogen) atoms. The van der Waals surface area contributed by atoms with Gasteiger partial charge in [-0.2, -0.15) is 5.26 Å². The first-order chi connectivity index (χ1) is 8.83. The first kappa shape index (κ1) is 11.9. The lowest BCUT2D eigenvalue weighted by molar-refractivity contribution is 0.300. The molecule has 0 aliphatic carbocycles. The van der Waals surface area contributed by atoms with Crippen LogP contribution < -0.4 is 16.0 Å². The van der Waals surface area contributed by atoms with Crippen LogP contribution >= 0.6 is 0 Å². The summed E-state index contributed by atoms with van der Waals surface area (Å²) in [6, 6.07) is 12.7. The average Bonchev–Trinajstić information content (AvgIpc) is 2.45. The monoisotopic (exact) mass is 240 g/mol. The normalized spacial score (nSPS) is 9.56. The van der Waals surface area contributed by atoms with E-state index < -0.39 is 0 Å². The molecule has 0 spiro atoms. The molecule has 1 aromatic carbocycles. The molecule has 0 saturated heterocycles. The number of nitrogens with two attached hydrogens (primary N) is 1. The van der Waals surface area contributed by atoms with Crippen molar-refractivity contribution in [3.8, 4) is 11.8 Å². The van der Waals surface area contributed by atoms with Gasteiger partial charge in [0.25, 0.3) is 0 Å². The number of para-hydroxylation sites is 1. The highest BCUT2D eigenvalue weighted by Gasteiger charge is 2.03. The van der Waals surface area contributed by atoms with Crippen LogP contribution in [0.2, 0.25) is 0 Å². The molecular formula is C13H12N4O. The lowest BCUT2D eigenvalue weighted by Crippen LogP contribution is -2.08. The number of nitrogens with zero attached hydrogens (tertiary/aromatic N) is 2. The predicted octanol–water partition coefficient (Wildman–Crippen LogP) is 1.82. The van der Waals surface area contributed by atoms with Crippen LogP contribution in [0.4, 0.5) is 5.69 Å². The number of nitriles is 1. The Bertz CT molecular complexity index is 577. The number of nitrogen functional groups attached to an aromatic ring is 1. The Morgan fingerprint density at radius 1 is 1.33 bits per heavy atom. The minimum absolute atomic E-state index is 0.286. The van der Waals surface area contributed by atoms with E-state index in [1.165, 1.54) is 0 Å². The SMILES string of the molecule is N#Cc1ccccc1OCc1cc(NN)ccn1. The molecule has 2 rings (SSSR count). The van der Waals surface area contributed by atoms with Crippen molar-refractivity contribution in [2.45, 2.75) is 6.61 Å². The number of hydrogen-bond acceptors (Lipinski definition) is 5. The highest BCUT2D eigenvalue weighted by molar-refractivity contribution is 5.43. The lowest BCUT2D eigenvalue weighted by Gasteiger charge is -2.08. The van der Waals surface area contributed by atoms with Crippen molar-refractivity contribution in [2.75, 3.05) is 5.43 Å². The molecule has 0 fully saturated rings. The summed E-state index contributed by atoms with van der Waals surface area (Å²) in [6.07, 6.45) is 1.64. The maximum atomic E-state index is 8.93. The quantitative estimate of drug-likeness (QED) is 0.629. The van der Waals surface area contributed by atoms with Crippen molar-refractivity contribution in [1.29, 1.82) is 5.26 Å². The largest absolute Gasteiger partial charge is 0.486 e. The smallest absolute Gasteiger partial charge is 0.137 e. The summed E-state index contributed by atoms with van der Waals surface area (Å²) in [7, 11) is 0. The molecule has 1 aromatic heterocycles. The minimum atomic E-state index is 0.286. The van der Waals surface area contributed by atoms with Gasteiger partial charge in [-0.1, -0.05) is 12.1 Å². The first-order valence-corrected chi connectivity index (χ1v) is 5.37. The molecule has 0 radical (unpaired) electrons. The molecule has 90 valence electrons. The van der Waals surface area contributed by atoms with Crippen molar-refractivity contribution < 1.29 is 4.74 Å². The Kier molecular flexibility index (Phi) is 3.74. The van der Waals surface area contributed by atoms with Crippen LogP contribution in [-0.2, 0) is 6.61 Å². The van der Waals surface area contributed by atoms with Gasteiger partial charge in [0, 0.05) is 6.20 Å². The van der Waals surface area contributed by atoms with E-state index in [1.54, 1.807) is 36.5 Å². The molecular weight excluding hydrogens is 228 g/mol. The summed E-state index contributed by atoms with van der Waals surface area (Å²) in [5.74, 6) is 5.86. The second kappa shape index (κ2) is 5.66. The number of aromatic nitrogens is 1. The van der Waals surface area contributed by atoms with Crippen LogP contribution in [0.3, 0.4) is 0 Å². The second-order valence-corrected chi connectivity index (χ2v) is 3.58. The standard InChI is InChI=1S/C13H12N4O/c14-8-10-3-1-2-4-13(10)18-9-12-7-11(17-15)5-6-16-12/h1-7H,9,15H2,(H,16,17). The van der Waals surface area contributed by atoms with E-state index in [-0.39, 0.29) is 6.61 Å². The molecule has 3 N–H and O–H groups in total. The fraction of sp³-hybridized carbons (Fsp3) is 0.0769. The number of anilines is 1. The number of hydrazine groups is 1. The average molecular weight is 240 g/mol. The van der Waals surface area contributed by atoms with Gasteiger partial charge in [-0.15, -0.1) is 0 Å². The third-order valence-corrected chi connectivity index (χ3v) is 2.37. The van der Waals surface area contributed by atoms with Gasteiger partial charge < -0.3 is 10.2 Å². The first-order valence-electron chi connectivity index (χ1n) is 5.37. The highest BCUT2D eigenvalue weighted by Crippen LogP contribution is 2.18. The van der Waals surface area contributed by atoms with Crippen LogP contribution in [0.15, 0.2) is 42.6 Å². The summed E-state index contributed by atoms with van der Waals surface area (Å²) < 4.78 is 5.56. The molecule has 5 nitrogen and oxygen atoms in total. The van der Waals surface area contributed by atoms with Gasteiger partial charge in [-0.05, 0) is 24.3 Å². The van der Waals surface area contributed by atoms with E-state index in [1.807, 2.05) is 6.07 Å². The van der Waals surface area contributed by atoms with Gasteiger partial charge in [0.2, 0.25) is 0 Å². The highest BCUT2D eigenvalue weighted by atomic mass is 16.5. The third kappa shape index (κ3) is 2.75. The summed E-state index contributed by atoms with van der Waals surface area (Å²) >= 11 is 0. The van der Waals surface area contributed by atoms with Crippen LogP contribution in [0.25, 0.3) is 0 Å². The molecule has 0 amide bonds. The van der Waals surface area contributed by atoms with Crippen molar-refractivity contribution in [1.82, 2.24) is 4.98 Å². The van der Waals surface area contributed by atoms with E-state index in [9.17, 15) is 0 Å². The van der Waals surface area contributed by atoms with Gasteiger partial charge in [0.15, 0.2) is 0 Å². The maximum Gasteiger partial charge on any atom is 0.137 e. The molecule has 2 aromatic rings. The van der Waals surface area contributed by atoms with Crippen LogP contribution in [0.5, 0.6) is 5.75 Å². The van der Waals surface area contributed by atoms with Gasteiger partial charge in [0.1, 0.15) is 18.4 Å². The minimum Gasteiger partial charge on any atom is -0.486 e. The number of nitrogens with one attached hydrogen (secondary N) is 1. The van der Waals surface area contributed by atoms with E-state index in [2.05, 4.69) is 16.5 Å². The fourth-order valence-corrected chi connectivity index (χ4v) is 1.48. The Balaban J connectivity index is 2.09. The zero-order valence-corrected chi connectivity index (χ0v) is 9.63. The van der Waals surface area contributed by atoms with Crippen molar-refractivity contribution in [2.24, 2.45) is 5.84 Å². The second-order valence-electron chi connectivity index (χ2n) is 3.58. The lowest BCUT2D eigenvalue weighted by atomic mass is 10.2. The van der Waals surface area contributed by atoms with E-state index in [4.69, 9.17) is 15.8 Å². The zero-order valence-electron chi connectivity index (χ0n) is 9.63. The Hall–Kier alpha value is -2.58. The topological polar surface area (TPSA) is 84.0 Å². The zero-order chi connectivity index (χ0) is 12.8. The van der Waals surface area contributed by atoms with Crippen molar-refractivity contribution >= 4 is 5.69 Å². The molecule has 0 saturated carbocycles. The molecule has 0 unspecified atom stereocenters. The molecule has 5 heteroatoms. The van der Waals surface area contributed by atoms with Gasteiger partial charge in [0.05, 0.1) is 16.9 Å². The Morgan fingerprint density at radius 3 is 2.94 bits per heavy atom. The molecule has 0 atom stereocenters. The summed E-state index contributed by atoms with van der Waals surface area (Å²) in [5.41, 5.74) is 4.54. The fourth-order valence-electron chi connectivity index (χ4n) is 1.48. The van der Waals surface area contributed by atoms with Gasteiger partial charge in [-0.25, -0.2) is 0 Å². The summed E-state index contributed by atoms with van der Waals surface area (Å²) in [4.78, 5) is 4.15. The van der Waals surface area contributed by atoms with Gasteiger partial charge >= 0.3 is 0 Å². The summed E-state index contributed by atoms with van der Waals surface area (Å²) in [6.45, 7) is 0.286. The van der Waals surface area contributed by atoms with Crippen LogP contribution in [0, 0.1) is 11.3 Å². The maximum absolute atomic E-state index is 8.93. The number of benzene rings is 1.